The average molecular weight is 494 g/mol. The normalized spacial score (nSPS) is 12.1. The van der Waals surface area contributed by atoms with Crippen LogP contribution in [0, 0.1) is 0 Å². The lowest BCUT2D eigenvalue weighted by molar-refractivity contribution is 1.19. The molecule has 0 atom stereocenters. The standard InChI is InChI=1S/C38H23N/c1-2-10-26(11-3-1)39-36-22-18-25(23-35(36)34-19-17-24-9-4-5-12-28(24)38(34)39)27-20-21-33-30-14-7-6-13-29(30)32-16-8-15-31(27)37(32)33/h1-23H. The van der Waals surface area contributed by atoms with Gasteiger partial charge >= 0.3 is 0 Å². The lowest BCUT2D eigenvalue weighted by atomic mass is 9.93. The quantitative estimate of drug-likeness (QED) is 0.226. The van der Waals surface area contributed by atoms with E-state index in [9.17, 15) is 0 Å². The summed E-state index contributed by atoms with van der Waals surface area (Å²) in [5, 5.41) is 7.79. The van der Waals surface area contributed by atoms with Crippen LogP contribution in [-0.2, 0) is 0 Å². The van der Waals surface area contributed by atoms with Gasteiger partial charge in [0.05, 0.1) is 11.0 Å². The van der Waals surface area contributed by atoms with Gasteiger partial charge in [-0.15, -0.1) is 0 Å². The zero-order valence-corrected chi connectivity index (χ0v) is 21.2. The van der Waals surface area contributed by atoms with E-state index in [1.165, 1.54) is 82.4 Å². The number of benzene rings is 7. The third-order valence-corrected chi connectivity index (χ3v) is 8.53. The lowest BCUT2D eigenvalue weighted by Crippen LogP contribution is -1.94. The highest BCUT2D eigenvalue weighted by molar-refractivity contribution is 6.21. The van der Waals surface area contributed by atoms with Crippen LogP contribution in [0.2, 0.25) is 0 Å². The van der Waals surface area contributed by atoms with Gasteiger partial charge in [-0.2, -0.15) is 0 Å². The molecule has 7 aromatic carbocycles. The Morgan fingerprint density at radius 1 is 0.385 bits per heavy atom. The summed E-state index contributed by atoms with van der Waals surface area (Å²) in [4.78, 5) is 0. The van der Waals surface area contributed by atoms with Crippen LogP contribution < -0.4 is 0 Å². The average Bonchev–Trinajstić information content (AvgIpc) is 3.52. The first-order valence-corrected chi connectivity index (χ1v) is 13.5. The third kappa shape index (κ3) is 2.79. The fraction of sp³-hybridized carbons (Fsp3) is 0. The molecule has 9 rings (SSSR count). The van der Waals surface area contributed by atoms with E-state index in [0.717, 1.165) is 0 Å². The molecule has 180 valence electrons. The van der Waals surface area contributed by atoms with Gasteiger partial charge in [0, 0.05) is 21.8 Å². The maximum atomic E-state index is 2.43. The minimum Gasteiger partial charge on any atom is -0.309 e. The minimum absolute atomic E-state index is 1.18. The zero-order chi connectivity index (χ0) is 25.5. The summed E-state index contributed by atoms with van der Waals surface area (Å²) in [6.07, 6.45) is 0. The van der Waals surface area contributed by atoms with Gasteiger partial charge in [-0.3, -0.25) is 0 Å². The van der Waals surface area contributed by atoms with E-state index >= 15 is 0 Å². The number of hydrogen-bond donors (Lipinski definition) is 0. The van der Waals surface area contributed by atoms with E-state index in [1.54, 1.807) is 0 Å². The second kappa shape index (κ2) is 7.69. The highest BCUT2D eigenvalue weighted by Crippen LogP contribution is 2.49. The third-order valence-electron chi connectivity index (χ3n) is 8.53. The Kier molecular flexibility index (Phi) is 4.11. The monoisotopic (exact) mass is 493 g/mol. The molecule has 1 heteroatoms. The van der Waals surface area contributed by atoms with E-state index < -0.39 is 0 Å². The largest absolute Gasteiger partial charge is 0.309 e. The fourth-order valence-corrected chi connectivity index (χ4v) is 6.85. The van der Waals surface area contributed by atoms with Crippen molar-refractivity contribution in [1.82, 2.24) is 4.57 Å². The van der Waals surface area contributed by atoms with E-state index in [1.807, 2.05) is 0 Å². The number of hydrogen-bond acceptors (Lipinski definition) is 0. The van der Waals surface area contributed by atoms with E-state index in [4.69, 9.17) is 0 Å². The van der Waals surface area contributed by atoms with Gasteiger partial charge in [-0.05, 0) is 73.8 Å². The minimum atomic E-state index is 1.18. The van der Waals surface area contributed by atoms with Crippen molar-refractivity contribution in [1.29, 1.82) is 0 Å². The Hall–Kier alpha value is -5.14. The topological polar surface area (TPSA) is 4.93 Å². The Bertz CT molecular complexity index is 2240. The molecule has 1 nitrogen and oxygen atoms in total. The van der Waals surface area contributed by atoms with Crippen molar-refractivity contribution in [3.05, 3.63) is 140 Å². The number of nitrogens with zero attached hydrogens (tertiary/aromatic N) is 1. The summed E-state index contributed by atoms with van der Waals surface area (Å²) in [5.41, 5.74) is 11.6. The number of rotatable bonds is 2. The molecule has 1 aliphatic rings. The molecular formula is C38H23N. The van der Waals surface area contributed by atoms with Gasteiger partial charge in [0.2, 0.25) is 0 Å². The Labute approximate surface area is 226 Å². The van der Waals surface area contributed by atoms with Crippen molar-refractivity contribution in [2.24, 2.45) is 0 Å². The summed E-state index contributed by atoms with van der Waals surface area (Å²) in [5.74, 6) is 0. The van der Waals surface area contributed by atoms with Gasteiger partial charge in [-0.25, -0.2) is 0 Å². The van der Waals surface area contributed by atoms with Crippen LogP contribution in [0.1, 0.15) is 0 Å². The van der Waals surface area contributed by atoms with Crippen LogP contribution in [0.4, 0.5) is 0 Å². The second-order valence-corrected chi connectivity index (χ2v) is 10.5. The summed E-state index contributed by atoms with van der Waals surface area (Å²) in [6.45, 7) is 0. The van der Waals surface area contributed by atoms with Crippen LogP contribution in [0.25, 0.3) is 82.4 Å². The predicted octanol–water partition coefficient (Wildman–Crippen LogP) is 10.4. The summed E-state index contributed by atoms with van der Waals surface area (Å²) >= 11 is 0. The van der Waals surface area contributed by atoms with Gasteiger partial charge in [0.1, 0.15) is 0 Å². The first kappa shape index (κ1) is 20.9. The SMILES string of the molecule is c1ccc(-n2c3ccc(-c4ccc5c6c(cccc46)-c4ccccc4-5)cc3c3ccc4ccccc4c32)cc1. The number of aromatic nitrogens is 1. The van der Waals surface area contributed by atoms with E-state index in [-0.39, 0.29) is 0 Å². The molecule has 0 aliphatic heterocycles. The smallest absolute Gasteiger partial charge is 0.0619 e. The van der Waals surface area contributed by atoms with E-state index in [0.29, 0.717) is 0 Å². The Morgan fingerprint density at radius 3 is 1.95 bits per heavy atom. The zero-order valence-electron chi connectivity index (χ0n) is 21.2. The molecule has 1 aliphatic carbocycles. The molecule has 39 heavy (non-hydrogen) atoms. The highest BCUT2D eigenvalue weighted by atomic mass is 15.0. The maximum Gasteiger partial charge on any atom is 0.0619 e. The molecule has 1 aromatic heterocycles. The van der Waals surface area contributed by atoms with Crippen molar-refractivity contribution >= 4 is 43.4 Å². The van der Waals surface area contributed by atoms with Crippen molar-refractivity contribution in [3.8, 4) is 39.1 Å². The van der Waals surface area contributed by atoms with Crippen molar-refractivity contribution in [2.45, 2.75) is 0 Å². The molecule has 8 aromatic rings. The number of fused-ring (bicyclic) bond motifs is 8. The fourth-order valence-electron chi connectivity index (χ4n) is 6.85. The molecule has 0 radical (unpaired) electrons. The summed E-state index contributed by atoms with van der Waals surface area (Å²) in [6, 6.07) is 51.2. The molecule has 0 N–H and O–H groups in total. The number of para-hydroxylation sites is 1. The van der Waals surface area contributed by atoms with Crippen LogP contribution in [-0.4, -0.2) is 4.57 Å². The molecule has 0 spiro atoms. The Balaban J connectivity index is 1.36. The van der Waals surface area contributed by atoms with Crippen LogP contribution in [0.3, 0.4) is 0 Å². The van der Waals surface area contributed by atoms with Gasteiger partial charge in [0.25, 0.3) is 0 Å². The summed E-state index contributed by atoms with van der Waals surface area (Å²) in [7, 11) is 0. The second-order valence-electron chi connectivity index (χ2n) is 10.5. The van der Waals surface area contributed by atoms with Gasteiger partial charge < -0.3 is 4.57 Å². The molecule has 0 amide bonds. The van der Waals surface area contributed by atoms with Crippen molar-refractivity contribution < 1.29 is 0 Å². The first-order chi connectivity index (χ1) is 19.4. The molecule has 0 fully saturated rings. The van der Waals surface area contributed by atoms with Crippen LogP contribution in [0.15, 0.2) is 140 Å². The molecule has 1 heterocycles. The van der Waals surface area contributed by atoms with Crippen molar-refractivity contribution in [2.75, 3.05) is 0 Å². The molecule has 0 saturated carbocycles. The Morgan fingerprint density at radius 2 is 1.08 bits per heavy atom. The van der Waals surface area contributed by atoms with Gasteiger partial charge in [0.15, 0.2) is 0 Å². The molecule has 0 saturated heterocycles. The molecule has 0 bridgehead atoms. The van der Waals surface area contributed by atoms with Crippen molar-refractivity contribution in [3.63, 3.8) is 0 Å². The molecule has 0 unspecified atom stereocenters. The highest BCUT2D eigenvalue weighted by Gasteiger charge is 2.22. The maximum absolute atomic E-state index is 2.43. The van der Waals surface area contributed by atoms with Gasteiger partial charge in [-0.1, -0.05) is 115 Å². The predicted molar refractivity (Wildman–Crippen MR) is 166 cm³/mol. The van der Waals surface area contributed by atoms with E-state index in [2.05, 4.69) is 144 Å². The van der Waals surface area contributed by atoms with Crippen LogP contribution in [0.5, 0.6) is 0 Å². The summed E-state index contributed by atoms with van der Waals surface area (Å²) < 4.78 is 2.43. The first-order valence-electron chi connectivity index (χ1n) is 13.5. The molecular weight excluding hydrogens is 470 g/mol. The lowest BCUT2D eigenvalue weighted by Gasteiger charge is -2.11. The van der Waals surface area contributed by atoms with Crippen LogP contribution >= 0.6 is 0 Å².